The summed E-state index contributed by atoms with van der Waals surface area (Å²) >= 11 is 5.42. The molecule has 0 N–H and O–H groups in total. The predicted octanol–water partition coefficient (Wildman–Crippen LogP) is 1.04. The van der Waals surface area contributed by atoms with Crippen molar-refractivity contribution in [2.75, 3.05) is 5.88 Å². The van der Waals surface area contributed by atoms with Gasteiger partial charge < -0.3 is 0 Å². The average Bonchev–Trinajstić information content (AvgIpc) is 2.09. The van der Waals surface area contributed by atoms with Crippen molar-refractivity contribution in [2.45, 2.75) is 6.54 Å². The average molecular weight is 185 g/mol. The van der Waals surface area contributed by atoms with Crippen molar-refractivity contribution in [1.82, 2.24) is 9.55 Å². The van der Waals surface area contributed by atoms with E-state index in [9.17, 15) is 4.79 Å². The highest BCUT2D eigenvalue weighted by atomic mass is 35.5. The van der Waals surface area contributed by atoms with Crippen LogP contribution >= 0.6 is 11.6 Å². The smallest absolute Gasteiger partial charge is 0.253 e. The molecule has 0 atom stereocenters. The maximum Gasteiger partial charge on any atom is 0.253 e. The Morgan fingerprint density at radius 2 is 2.42 bits per heavy atom. The van der Waals surface area contributed by atoms with E-state index in [0.717, 1.165) is 0 Å². The van der Waals surface area contributed by atoms with Gasteiger partial charge in [-0.15, -0.1) is 11.6 Å². The number of halogens is 1. The normalized spacial score (nSPS) is 10.8. The molecule has 0 amide bonds. The molecule has 0 saturated carbocycles. The molecule has 1 aromatic heterocycles. The molecule has 0 unspecified atom stereocenters. The van der Waals surface area contributed by atoms with Gasteiger partial charge in [0, 0.05) is 24.7 Å². The summed E-state index contributed by atoms with van der Waals surface area (Å²) in [5, 5.41) is 0. The molecule has 1 rings (SSSR count). The third-order valence-electron chi connectivity index (χ3n) is 1.35. The van der Waals surface area contributed by atoms with E-state index >= 15 is 0 Å². The maximum absolute atomic E-state index is 11.1. The minimum atomic E-state index is -0.0516. The van der Waals surface area contributed by atoms with Gasteiger partial charge in [0.15, 0.2) is 0 Å². The van der Waals surface area contributed by atoms with Gasteiger partial charge in [0.1, 0.15) is 0 Å². The standard InChI is InChI=1S/C8H9ClN2O/c9-4-1-2-6-11-7-10-5-3-8(11)12/h1-3,5,7H,4,6H2. The minimum Gasteiger partial charge on any atom is -0.295 e. The van der Waals surface area contributed by atoms with Gasteiger partial charge in [-0.2, -0.15) is 0 Å². The quantitative estimate of drug-likeness (QED) is 0.520. The molecule has 64 valence electrons. The number of hydrogen-bond acceptors (Lipinski definition) is 2. The van der Waals surface area contributed by atoms with E-state index in [1.165, 1.54) is 23.2 Å². The maximum atomic E-state index is 11.1. The van der Waals surface area contributed by atoms with E-state index in [1.807, 2.05) is 6.08 Å². The fourth-order valence-corrected chi connectivity index (χ4v) is 0.893. The topological polar surface area (TPSA) is 34.9 Å². The second kappa shape index (κ2) is 4.72. The molecule has 0 spiro atoms. The molecular weight excluding hydrogens is 176 g/mol. The summed E-state index contributed by atoms with van der Waals surface area (Å²) < 4.78 is 1.50. The lowest BCUT2D eigenvalue weighted by atomic mass is 10.5. The van der Waals surface area contributed by atoms with E-state index in [4.69, 9.17) is 11.6 Å². The van der Waals surface area contributed by atoms with Crippen LogP contribution in [-0.2, 0) is 6.54 Å². The van der Waals surface area contributed by atoms with Crippen molar-refractivity contribution < 1.29 is 0 Å². The van der Waals surface area contributed by atoms with Gasteiger partial charge in [0.2, 0.25) is 0 Å². The Balaban J connectivity index is 2.70. The van der Waals surface area contributed by atoms with Crippen molar-refractivity contribution >= 4 is 11.6 Å². The number of rotatable bonds is 3. The first-order valence-electron chi connectivity index (χ1n) is 3.56. The SMILES string of the molecule is O=c1ccncn1CC=CCCl. The Labute approximate surface area is 75.3 Å². The zero-order chi connectivity index (χ0) is 8.81. The van der Waals surface area contributed by atoms with Crippen LogP contribution in [0.15, 0.2) is 35.5 Å². The Morgan fingerprint density at radius 3 is 3.08 bits per heavy atom. The number of hydrogen-bond donors (Lipinski definition) is 0. The van der Waals surface area contributed by atoms with E-state index < -0.39 is 0 Å². The molecule has 0 aliphatic carbocycles. The lowest BCUT2D eigenvalue weighted by Crippen LogP contribution is -2.17. The van der Waals surface area contributed by atoms with Gasteiger partial charge in [-0.1, -0.05) is 12.2 Å². The van der Waals surface area contributed by atoms with E-state index in [0.29, 0.717) is 12.4 Å². The highest BCUT2D eigenvalue weighted by molar-refractivity contribution is 6.18. The van der Waals surface area contributed by atoms with E-state index in [2.05, 4.69) is 4.98 Å². The van der Waals surface area contributed by atoms with Crippen LogP contribution in [0, 0.1) is 0 Å². The fraction of sp³-hybridized carbons (Fsp3) is 0.250. The van der Waals surface area contributed by atoms with E-state index in [-0.39, 0.29) is 5.56 Å². The Kier molecular flexibility index (Phi) is 3.54. The molecular formula is C8H9ClN2O. The summed E-state index contributed by atoms with van der Waals surface area (Å²) in [6.07, 6.45) is 6.60. The van der Waals surface area contributed by atoms with Gasteiger partial charge in [-0.25, -0.2) is 4.98 Å². The minimum absolute atomic E-state index is 0.0516. The van der Waals surface area contributed by atoms with Crippen LogP contribution in [0.2, 0.25) is 0 Å². The highest BCUT2D eigenvalue weighted by Gasteiger charge is 1.88. The molecule has 0 aliphatic rings. The summed E-state index contributed by atoms with van der Waals surface area (Å²) in [6.45, 7) is 0.527. The predicted molar refractivity (Wildman–Crippen MR) is 48.4 cm³/mol. The molecule has 0 radical (unpaired) electrons. The van der Waals surface area contributed by atoms with E-state index in [1.54, 1.807) is 6.08 Å². The molecule has 0 fully saturated rings. The van der Waals surface area contributed by atoms with Crippen molar-refractivity contribution in [1.29, 1.82) is 0 Å². The first-order chi connectivity index (χ1) is 5.84. The van der Waals surface area contributed by atoms with Crippen molar-refractivity contribution in [2.24, 2.45) is 0 Å². The molecule has 0 saturated heterocycles. The van der Waals surface area contributed by atoms with Crippen LogP contribution in [0.25, 0.3) is 0 Å². The van der Waals surface area contributed by atoms with Crippen LogP contribution in [0.3, 0.4) is 0 Å². The monoisotopic (exact) mass is 184 g/mol. The fourth-order valence-electron chi connectivity index (χ4n) is 0.767. The van der Waals surface area contributed by atoms with Crippen molar-refractivity contribution in [3.8, 4) is 0 Å². The number of alkyl halides is 1. The zero-order valence-corrected chi connectivity index (χ0v) is 7.24. The number of allylic oxidation sites excluding steroid dienone is 2. The van der Waals surface area contributed by atoms with Crippen LogP contribution in [-0.4, -0.2) is 15.4 Å². The van der Waals surface area contributed by atoms with Crippen molar-refractivity contribution in [3.63, 3.8) is 0 Å². The van der Waals surface area contributed by atoms with Crippen LogP contribution in [0.1, 0.15) is 0 Å². The van der Waals surface area contributed by atoms with Gasteiger partial charge in [-0.3, -0.25) is 9.36 Å². The first kappa shape index (κ1) is 9.00. The number of nitrogens with zero attached hydrogens (tertiary/aromatic N) is 2. The molecule has 12 heavy (non-hydrogen) atoms. The highest BCUT2D eigenvalue weighted by Crippen LogP contribution is 1.82. The Hall–Kier alpha value is -1.09. The Morgan fingerprint density at radius 1 is 1.58 bits per heavy atom. The molecule has 0 aromatic carbocycles. The Bertz CT molecular complexity index is 319. The summed E-state index contributed by atoms with van der Waals surface area (Å²) in [4.78, 5) is 14.9. The van der Waals surface area contributed by atoms with Gasteiger partial charge >= 0.3 is 0 Å². The third kappa shape index (κ3) is 2.51. The lowest BCUT2D eigenvalue weighted by Gasteiger charge is -1.97. The van der Waals surface area contributed by atoms with Crippen LogP contribution in [0.4, 0.5) is 0 Å². The molecule has 0 aliphatic heterocycles. The van der Waals surface area contributed by atoms with Gasteiger partial charge in [0.05, 0.1) is 6.33 Å². The molecule has 1 heterocycles. The first-order valence-corrected chi connectivity index (χ1v) is 4.09. The molecule has 4 heteroatoms. The summed E-state index contributed by atoms with van der Waals surface area (Å²) in [7, 11) is 0. The van der Waals surface area contributed by atoms with Crippen LogP contribution < -0.4 is 5.56 Å². The lowest BCUT2D eigenvalue weighted by molar-refractivity contribution is 0.752. The second-order valence-corrected chi connectivity index (χ2v) is 2.51. The molecule has 1 aromatic rings. The van der Waals surface area contributed by atoms with Gasteiger partial charge in [-0.05, 0) is 0 Å². The largest absolute Gasteiger partial charge is 0.295 e. The third-order valence-corrected chi connectivity index (χ3v) is 1.53. The number of aromatic nitrogens is 2. The second-order valence-electron chi connectivity index (χ2n) is 2.20. The summed E-state index contributed by atoms with van der Waals surface area (Å²) in [6, 6.07) is 1.43. The summed E-state index contributed by atoms with van der Waals surface area (Å²) in [5.41, 5.74) is -0.0516. The van der Waals surface area contributed by atoms with Crippen LogP contribution in [0.5, 0.6) is 0 Å². The van der Waals surface area contributed by atoms with Crippen molar-refractivity contribution in [3.05, 3.63) is 41.1 Å². The zero-order valence-electron chi connectivity index (χ0n) is 6.48. The summed E-state index contributed by atoms with van der Waals surface area (Å²) in [5.74, 6) is 0.467. The molecule has 0 bridgehead atoms. The van der Waals surface area contributed by atoms with Gasteiger partial charge in [0.25, 0.3) is 5.56 Å². The molecule has 3 nitrogen and oxygen atoms in total.